The maximum absolute atomic E-state index is 12.8. The topological polar surface area (TPSA) is 79.0 Å². The Morgan fingerprint density at radius 3 is 2.56 bits per heavy atom. The smallest absolute Gasteiger partial charge is 0.251 e. The molecule has 7 nitrogen and oxygen atoms in total. The van der Waals surface area contributed by atoms with E-state index >= 15 is 0 Å². The van der Waals surface area contributed by atoms with Gasteiger partial charge >= 0.3 is 0 Å². The number of amides is 1. The summed E-state index contributed by atoms with van der Waals surface area (Å²) in [6.07, 6.45) is 0.833. The Morgan fingerprint density at radius 2 is 1.93 bits per heavy atom. The molecule has 1 aliphatic heterocycles. The molecule has 152 valence electrons. The van der Waals surface area contributed by atoms with Crippen molar-refractivity contribution in [1.82, 2.24) is 14.5 Å². The third kappa shape index (κ3) is 5.89. The van der Waals surface area contributed by atoms with Crippen LogP contribution in [0.15, 0.2) is 23.1 Å². The van der Waals surface area contributed by atoms with Crippen LogP contribution in [0.4, 0.5) is 0 Å². The number of sulfonamides is 1. The van der Waals surface area contributed by atoms with Crippen molar-refractivity contribution in [2.75, 3.05) is 52.5 Å². The molecule has 1 aromatic carbocycles. The molecule has 1 N–H and O–H groups in total. The van der Waals surface area contributed by atoms with Gasteiger partial charge in [-0.1, -0.05) is 25.4 Å². The number of nitrogens with one attached hydrogen (secondary N) is 1. The minimum Gasteiger partial charge on any atom is -0.379 e. The Balaban J connectivity index is 2.04. The van der Waals surface area contributed by atoms with Gasteiger partial charge in [-0.2, -0.15) is 4.31 Å². The predicted octanol–water partition coefficient (Wildman–Crippen LogP) is 1.82. The maximum Gasteiger partial charge on any atom is 0.251 e. The SMILES string of the molecule is CCN(CC)CCCNC(=O)c1ccc(Cl)c(S(=O)(=O)N2CCOCC2)c1. The highest BCUT2D eigenvalue weighted by Gasteiger charge is 2.29. The molecule has 0 aromatic heterocycles. The summed E-state index contributed by atoms with van der Waals surface area (Å²) in [5.74, 6) is -0.301. The highest BCUT2D eigenvalue weighted by Crippen LogP contribution is 2.26. The highest BCUT2D eigenvalue weighted by molar-refractivity contribution is 7.89. The molecule has 27 heavy (non-hydrogen) atoms. The number of hydrogen-bond acceptors (Lipinski definition) is 5. The van der Waals surface area contributed by atoms with Gasteiger partial charge in [0.2, 0.25) is 10.0 Å². The molecule has 1 saturated heterocycles. The van der Waals surface area contributed by atoms with Crippen molar-refractivity contribution in [3.63, 3.8) is 0 Å². The molecule has 0 atom stereocenters. The lowest BCUT2D eigenvalue weighted by Crippen LogP contribution is -2.40. The Hall–Kier alpha value is -1.19. The van der Waals surface area contributed by atoms with Crippen LogP contribution in [0.5, 0.6) is 0 Å². The van der Waals surface area contributed by atoms with Crippen molar-refractivity contribution in [1.29, 1.82) is 0 Å². The molecule has 1 amide bonds. The summed E-state index contributed by atoms with van der Waals surface area (Å²) in [5, 5.41) is 2.95. The molecule has 0 saturated carbocycles. The molecular weight excluding hydrogens is 390 g/mol. The minimum absolute atomic E-state index is 0.0399. The van der Waals surface area contributed by atoms with Gasteiger partial charge in [-0.3, -0.25) is 4.79 Å². The Labute approximate surface area is 166 Å². The van der Waals surface area contributed by atoms with Gasteiger partial charge in [0.1, 0.15) is 4.90 Å². The summed E-state index contributed by atoms with van der Waals surface area (Å²) >= 11 is 6.12. The largest absolute Gasteiger partial charge is 0.379 e. The third-order valence-corrected chi connectivity index (χ3v) is 6.99. The summed E-state index contributed by atoms with van der Waals surface area (Å²) in [4.78, 5) is 14.6. The average Bonchev–Trinajstić information content (AvgIpc) is 2.68. The lowest BCUT2D eigenvalue weighted by Gasteiger charge is -2.26. The molecule has 1 aromatic rings. The van der Waals surface area contributed by atoms with Crippen molar-refractivity contribution in [2.45, 2.75) is 25.2 Å². The normalized spacial score (nSPS) is 15.9. The average molecular weight is 418 g/mol. The molecule has 1 heterocycles. The number of benzene rings is 1. The number of morpholine rings is 1. The molecule has 1 aliphatic rings. The Morgan fingerprint density at radius 1 is 1.26 bits per heavy atom. The number of halogens is 1. The molecule has 0 radical (unpaired) electrons. The monoisotopic (exact) mass is 417 g/mol. The van der Waals surface area contributed by atoms with Gasteiger partial charge in [0.25, 0.3) is 5.91 Å². The van der Waals surface area contributed by atoms with E-state index in [1.807, 2.05) is 0 Å². The quantitative estimate of drug-likeness (QED) is 0.620. The fourth-order valence-corrected chi connectivity index (χ4v) is 4.82. The van der Waals surface area contributed by atoms with Gasteiger partial charge in [0.15, 0.2) is 0 Å². The van der Waals surface area contributed by atoms with E-state index in [0.717, 1.165) is 26.1 Å². The van der Waals surface area contributed by atoms with Crippen LogP contribution in [0.1, 0.15) is 30.6 Å². The first-order chi connectivity index (χ1) is 12.9. The lowest BCUT2D eigenvalue weighted by molar-refractivity contribution is 0.0730. The fraction of sp³-hybridized carbons (Fsp3) is 0.611. The zero-order chi connectivity index (χ0) is 19.9. The van der Waals surface area contributed by atoms with Gasteiger partial charge in [-0.15, -0.1) is 0 Å². The molecule has 0 spiro atoms. The van der Waals surface area contributed by atoms with E-state index in [9.17, 15) is 13.2 Å². The Bertz CT molecular complexity index is 732. The second-order valence-electron chi connectivity index (χ2n) is 6.30. The van der Waals surface area contributed by atoms with Crippen LogP contribution in [0.25, 0.3) is 0 Å². The van der Waals surface area contributed by atoms with E-state index in [1.54, 1.807) is 6.07 Å². The zero-order valence-electron chi connectivity index (χ0n) is 15.9. The molecule has 1 fully saturated rings. The van der Waals surface area contributed by atoms with Crippen LogP contribution in [-0.2, 0) is 14.8 Å². The van der Waals surface area contributed by atoms with E-state index in [0.29, 0.717) is 19.8 Å². The van der Waals surface area contributed by atoms with Gasteiger partial charge in [-0.05, 0) is 44.3 Å². The van der Waals surface area contributed by atoms with Gasteiger partial charge in [-0.25, -0.2) is 8.42 Å². The van der Waals surface area contributed by atoms with Crippen molar-refractivity contribution in [3.05, 3.63) is 28.8 Å². The number of carbonyl (C=O) groups excluding carboxylic acids is 1. The number of rotatable bonds is 9. The summed E-state index contributed by atoms with van der Waals surface area (Å²) in [6.45, 7) is 8.86. The van der Waals surface area contributed by atoms with E-state index in [-0.39, 0.29) is 34.5 Å². The first-order valence-corrected chi connectivity index (χ1v) is 11.1. The number of nitrogens with zero attached hydrogens (tertiary/aromatic N) is 2. The van der Waals surface area contributed by atoms with E-state index in [2.05, 4.69) is 24.1 Å². The van der Waals surface area contributed by atoms with E-state index in [1.165, 1.54) is 16.4 Å². The van der Waals surface area contributed by atoms with Crippen LogP contribution in [0.2, 0.25) is 5.02 Å². The second kappa shape index (κ2) is 10.4. The molecule has 2 rings (SSSR count). The van der Waals surface area contributed by atoms with Crippen LogP contribution in [0.3, 0.4) is 0 Å². The predicted molar refractivity (Wildman–Crippen MR) is 106 cm³/mol. The van der Waals surface area contributed by atoms with Crippen LogP contribution >= 0.6 is 11.6 Å². The van der Waals surface area contributed by atoms with Gasteiger partial charge in [0, 0.05) is 25.2 Å². The zero-order valence-corrected chi connectivity index (χ0v) is 17.5. The van der Waals surface area contributed by atoms with Gasteiger partial charge < -0.3 is 15.0 Å². The van der Waals surface area contributed by atoms with Crippen LogP contribution in [0, 0.1) is 0 Å². The molecular formula is C18H28ClN3O4S. The fourth-order valence-electron chi connectivity index (χ4n) is 2.91. The summed E-state index contributed by atoms with van der Waals surface area (Å²) < 4.78 is 32.2. The standard InChI is InChI=1S/C18H28ClN3O4S/c1-3-21(4-2)9-5-8-20-18(23)15-6-7-16(19)17(14-15)27(24,25)22-10-12-26-13-11-22/h6-7,14H,3-5,8-13H2,1-2H3,(H,20,23). The van der Waals surface area contributed by atoms with Crippen molar-refractivity contribution in [2.24, 2.45) is 0 Å². The van der Waals surface area contributed by atoms with E-state index < -0.39 is 10.0 Å². The van der Waals surface area contributed by atoms with Crippen LogP contribution < -0.4 is 5.32 Å². The second-order valence-corrected chi connectivity index (χ2v) is 8.61. The van der Waals surface area contributed by atoms with Crippen molar-refractivity contribution >= 4 is 27.5 Å². The summed E-state index contributed by atoms with van der Waals surface area (Å²) in [5.41, 5.74) is 0.286. The van der Waals surface area contributed by atoms with Crippen molar-refractivity contribution in [3.8, 4) is 0 Å². The van der Waals surface area contributed by atoms with Gasteiger partial charge in [0.05, 0.1) is 18.2 Å². The lowest BCUT2D eigenvalue weighted by atomic mass is 10.2. The van der Waals surface area contributed by atoms with Crippen LogP contribution in [-0.4, -0.2) is 76.0 Å². The number of carbonyl (C=O) groups is 1. The summed E-state index contributed by atoms with van der Waals surface area (Å²) in [7, 11) is -3.76. The first-order valence-electron chi connectivity index (χ1n) is 9.28. The minimum atomic E-state index is -3.76. The Kier molecular flexibility index (Phi) is 8.50. The van der Waals surface area contributed by atoms with Crippen molar-refractivity contribution < 1.29 is 17.9 Å². The maximum atomic E-state index is 12.8. The molecule has 9 heteroatoms. The third-order valence-electron chi connectivity index (χ3n) is 4.61. The van der Waals surface area contributed by atoms with E-state index in [4.69, 9.17) is 16.3 Å². The number of hydrogen-bond donors (Lipinski definition) is 1. The molecule has 0 unspecified atom stereocenters. The summed E-state index contributed by atoms with van der Waals surface area (Å²) in [6, 6.07) is 4.35. The first kappa shape index (κ1) is 22.1. The molecule has 0 aliphatic carbocycles. The molecule has 0 bridgehead atoms. The number of ether oxygens (including phenoxy) is 1. The highest BCUT2D eigenvalue weighted by atomic mass is 35.5.